The summed E-state index contributed by atoms with van der Waals surface area (Å²) in [5, 5.41) is 0. The zero-order valence-electron chi connectivity index (χ0n) is 20.6. The van der Waals surface area contributed by atoms with Gasteiger partial charge in [0.05, 0.1) is 5.70 Å². The second kappa shape index (κ2) is 14.6. The Kier molecular flexibility index (Phi) is 12.5. The van der Waals surface area contributed by atoms with Crippen LogP contribution in [0.25, 0.3) is 5.70 Å². The van der Waals surface area contributed by atoms with Crippen molar-refractivity contribution in [1.29, 1.82) is 0 Å². The molecule has 0 aliphatic carbocycles. The van der Waals surface area contributed by atoms with Crippen LogP contribution >= 0.6 is 0 Å². The first-order valence-corrected chi connectivity index (χ1v) is 11.9. The third-order valence-electron chi connectivity index (χ3n) is 6.10. The van der Waals surface area contributed by atoms with Crippen molar-refractivity contribution in [3.8, 4) is 0 Å². The molecule has 168 valence electrons. The maximum Gasteiger partial charge on any atom is 0.0633 e. The molecule has 0 radical (unpaired) electrons. The second-order valence-corrected chi connectivity index (χ2v) is 8.27. The van der Waals surface area contributed by atoms with Gasteiger partial charge in [-0.15, -0.1) is 13.2 Å². The van der Waals surface area contributed by atoms with Gasteiger partial charge in [-0.1, -0.05) is 89.4 Å². The average Bonchev–Trinajstić information content (AvgIpc) is 2.80. The van der Waals surface area contributed by atoms with Crippen LogP contribution in [-0.4, -0.2) is 5.71 Å². The number of aryl methyl sites for hydroxylation is 3. The molecule has 1 heteroatoms. The van der Waals surface area contributed by atoms with Crippen LogP contribution in [0.3, 0.4) is 0 Å². The lowest BCUT2D eigenvalue weighted by atomic mass is 9.90. The monoisotopic (exact) mass is 417 g/mol. The van der Waals surface area contributed by atoms with E-state index in [2.05, 4.69) is 96.8 Å². The number of nitrogens with zero attached hydrogens (tertiary/aromatic N) is 1. The van der Waals surface area contributed by atoms with E-state index in [4.69, 9.17) is 4.99 Å². The van der Waals surface area contributed by atoms with Crippen LogP contribution in [0.5, 0.6) is 0 Å². The highest BCUT2D eigenvalue weighted by Gasteiger charge is 2.10. The minimum Gasteiger partial charge on any atom is -0.253 e. The van der Waals surface area contributed by atoms with Gasteiger partial charge in [0, 0.05) is 5.71 Å². The van der Waals surface area contributed by atoms with E-state index < -0.39 is 0 Å². The van der Waals surface area contributed by atoms with Gasteiger partial charge in [-0.2, -0.15) is 0 Å². The smallest absolute Gasteiger partial charge is 0.0633 e. The van der Waals surface area contributed by atoms with E-state index in [1.807, 2.05) is 0 Å². The van der Waals surface area contributed by atoms with Gasteiger partial charge in [0.25, 0.3) is 0 Å². The quantitative estimate of drug-likeness (QED) is 0.255. The molecule has 0 spiro atoms. The summed E-state index contributed by atoms with van der Waals surface area (Å²) in [5.41, 5.74) is 8.41. The third kappa shape index (κ3) is 8.32. The highest BCUT2D eigenvalue weighted by molar-refractivity contribution is 6.04. The predicted molar refractivity (Wildman–Crippen MR) is 141 cm³/mol. The Bertz CT molecular complexity index is 843. The molecule has 0 amide bonds. The van der Waals surface area contributed by atoms with Crippen molar-refractivity contribution in [2.45, 2.75) is 79.6 Å². The van der Waals surface area contributed by atoms with E-state index in [1.54, 1.807) is 0 Å². The van der Waals surface area contributed by atoms with Crippen molar-refractivity contribution < 1.29 is 0 Å². The van der Waals surface area contributed by atoms with Crippen LogP contribution in [0.2, 0.25) is 0 Å². The molecule has 2 aromatic rings. The van der Waals surface area contributed by atoms with Crippen LogP contribution in [0, 0.1) is 19.8 Å². The summed E-state index contributed by atoms with van der Waals surface area (Å²) < 4.78 is 0. The Morgan fingerprint density at radius 2 is 1.65 bits per heavy atom. The molecule has 0 heterocycles. The zero-order chi connectivity index (χ0) is 23.2. The SMILES string of the molecule is C=C.C=C(N=C(CC)c1ccccc1C)c1ccc(CCC(CC)CCCC)c(C)c1. The number of aliphatic imine (C=N–C) groups is 1. The highest BCUT2D eigenvalue weighted by Crippen LogP contribution is 2.24. The Morgan fingerprint density at radius 3 is 2.23 bits per heavy atom. The minimum absolute atomic E-state index is 0.856. The molecule has 0 aliphatic rings. The van der Waals surface area contributed by atoms with E-state index in [0.717, 1.165) is 29.3 Å². The first-order valence-electron chi connectivity index (χ1n) is 11.9. The van der Waals surface area contributed by atoms with Crippen molar-refractivity contribution in [2.24, 2.45) is 10.9 Å². The summed E-state index contributed by atoms with van der Waals surface area (Å²) in [6, 6.07) is 15.2. The molecule has 1 unspecified atom stereocenters. The van der Waals surface area contributed by atoms with Crippen LogP contribution < -0.4 is 0 Å². The summed E-state index contributed by atoms with van der Waals surface area (Å²) in [6.07, 6.45) is 8.69. The molecule has 1 atom stereocenters. The van der Waals surface area contributed by atoms with Crippen molar-refractivity contribution in [3.63, 3.8) is 0 Å². The Morgan fingerprint density at radius 1 is 0.935 bits per heavy atom. The van der Waals surface area contributed by atoms with Gasteiger partial charge < -0.3 is 0 Å². The fourth-order valence-electron chi connectivity index (χ4n) is 4.01. The number of hydrogen-bond acceptors (Lipinski definition) is 1. The number of benzene rings is 2. The molecule has 2 aromatic carbocycles. The standard InChI is InChI=1S/C28H39N.C2H4/c1-7-10-14-24(8-2)16-17-25-18-19-26(20-22(25)5)23(6)29-28(9-3)27-15-12-11-13-21(27)4;1-2/h11-13,15,18-20,24H,6-10,14,16-17H2,1-5H3;1-2H2. The van der Waals surface area contributed by atoms with Gasteiger partial charge in [0.2, 0.25) is 0 Å². The van der Waals surface area contributed by atoms with Gasteiger partial charge in [0.15, 0.2) is 0 Å². The van der Waals surface area contributed by atoms with Crippen molar-refractivity contribution in [3.05, 3.63) is 90.0 Å². The Labute approximate surface area is 192 Å². The average molecular weight is 418 g/mol. The maximum absolute atomic E-state index is 4.91. The van der Waals surface area contributed by atoms with Gasteiger partial charge in [-0.25, -0.2) is 0 Å². The maximum atomic E-state index is 4.91. The molecule has 0 saturated carbocycles. The van der Waals surface area contributed by atoms with E-state index >= 15 is 0 Å². The van der Waals surface area contributed by atoms with Gasteiger partial charge in [-0.3, -0.25) is 4.99 Å². The molecular formula is C30H43N. The van der Waals surface area contributed by atoms with Crippen LogP contribution in [0.4, 0.5) is 0 Å². The molecule has 0 bridgehead atoms. The molecule has 1 nitrogen and oxygen atoms in total. The lowest BCUT2D eigenvalue weighted by Crippen LogP contribution is -2.03. The minimum atomic E-state index is 0.856. The first-order chi connectivity index (χ1) is 15.0. The number of unbranched alkanes of at least 4 members (excludes halogenated alkanes) is 1. The van der Waals surface area contributed by atoms with Gasteiger partial charge >= 0.3 is 0 Å². The van der Waals surface area contributed by atoms with Gasteiger partial charge in [0.1, 0.15) is 0 Å². The normalized spacial score (nSPS) is 12.1. The Hall–Kier alpha value is -2.41. The Balaban J connectivity index is 0.00000233. The zero-order valence-corrected chi connectivity index (χ0v) is 20.6. The molecule has 0 saturated heterocycles. The highest BCUT2D eigenvalue weighted by atomic mass is 14.8. The molecule has 0 N–H and O–H groups in total. The third-order valence-corrected chi connectivity index (χ3v) is 6.10. The summed E-state index contributed by atoms with van der Waals surface area (Å²) >= 11 is 0. The molecule has 2 rings (SSSR count). The molecule has 0 fully saturated rings. The summed E-state index contributed by atoms with van der Waals surface area (Å²) in [6.45, 7) is 21.4. The molecular weight excluding hydrogens is 374 g/mol. The lowest BCUT2D eigenvalue weighted by Gasteiger charge is -2.16. The predicted octanol–water partition coefficient (Wildman–Crippen LogP) is 9.12. The van der Waals surface area contributed by atoms with Crippen LogP contribution in [0.1, 0.15) is 87.1 Å². The topological polar surface area (TPSA) is 12.4 Å². The van der Waals surface area contributed by atoms with E-state index in [0.29, 0.717) is 0 Å². The molecule has 0 aliphatic heterocycles. The summed E-state index contributed by atoms with van der Waals surface area (Å²) in [4.78, 5) is 4.91. The number of hydrogen-bond donors (Lipinski definition) is 0. The van der Waals surface area contributed by atoms with Crippen molar-refractivity contribution >= 4 is 11.4 Å². The second-order valence-electron chi connectivity index (χ2n) is 8.27. The first kappa shape index (κ1) is 26.6. The van der Waals surface area contributed by atoms with Crippen LogP contribution in [0.15, 0.2) is 67.2 Å². The van der Waals surface area contributed by atoms with Crippen molar-refractivity contribution in [1.82, 2.24) is 0 Å². The number of rotatable bonds is 11. The lowest BCUT2D eigenvalue weighted by molar-refractivity contribution is 0.421. The van der Waals surface area contributed by atoms with E-state index in [-0.39, 0.29) is 0 Å². The van der Waals surface area contributed by atoms with E-state index in [9.17, 15) is 0 Å². The summed E-state index contributed by atoms with van der Waals surface area (Å²) in [5.74, 6) is 0.856. The fourth-order valence-corrected chi connectivity index (χ4v) is 4.01. The largest absolute Gasteiger partial charge is 0.253 e. The molecule has 0 aromatic heterocycles. The molecule has 31 heavy (non-hydrogen) atoms. The van der Waals surface area contributed by atoms with Crippen molar-refractivity contribution in [2.75, 3.05) is 0 Å². The van der Waals surface area contributed by atoms with Gasteiger partial charge in [-0.05, 0) is 72.9 Å². The van der Waals surface area contributed by atoms with Crippen LogP contribution in [-0.2, 0) is 6.42 Å². The summed E-state index contributed by atoms with van der Waals surface area (Å²) in [7, 11) is 0. The van der Waals surface area contributed by atoms with E-state index in [1.165, 1.54) is 60.8 Å². The fraction of sp³-hybridized carbons (Fsp3) is 0.433.